The van der Waals surface area contributed by atoms with Crippen LogP contribution in [0.5, 0.6) is 0 Å². The van der Waals surface area contributed by atoms with Gasteiger partial charge in [-0.15, -0.1) is 0 Å². The van der Waals surface area contributed by atoms with Crippen LogP contribution in [0.1, 0.15) is 52.3 Å². The molecule has 0 aromatic carbocycles. The third kappa shape index (κ3) is 3.81. The summed E-state index contributed by atoms with van der Waals surface area (Å²) in [6.45, 7) is 7.97. The molecule has 1 saturated carbocycles. The predicted molar refractivity (Wildman–Crippen MR) is 82.5 cm³/mol. The van der Waals surface area contributed by atoms with Crippen molar-refractivity contribution in [3.63, 3.8) is 0 Å². The Morgan fingerprint density at radius 3 is 2.40 bits per heavy atom. The molecule has 4 nitrogen and oxygen atoms in total. The molecule has 0 radical (unpaired) electrons. The van der Waals surface area contributed by atoms with E-state index in [-0.39, 0.29) is 0 Å². The van der Waals surface area contributed by atoms with E-state index >= 15 is 0 Å². The Morgan fingerprint density at radius 2 is 1.90 bits per heavy atom. The van der Waals surface area contributed by atoms with Gasteiger partial charge in [0.05, 0.1) is 0 Å². The molecule has 2 rings (SSSR count). The van der Waals surface area contributed by atoms with Crippen molar-refractivity contribution < 1.29 is 0 Å². The number of nitrogens with zero attached hydrogens (tertiary/aromatic N) is 3. The smallest absolute Gasteiger partial charge is 0.138 e. The van der Waals surface area contributed by atoms with Crippen molar-refractivity contribution in [1.29, 1.82) is 0 Å². The monoisotopic (exact) mass is 278 g/mol. The van der Waals surface area contributed by atoms with Crippen molar-refractivity contribution in [2.75, 3.05) is 6.54 Å². The lowest BCUT2D eigenvalue weighted by atomic mass is 9.74. The van der Waals surface area contributed by atoms with E-state index in [0.717, 1.165) is 36.5 Å². The van der Waals surface area contributed by atoms with Crippen LogP contribution in [0.3, 0.4) is 0 Å². The van der Waals surface area contributed by atoms with Gasteiger partial charge < -0.3 is 5.32 Å². The molecule has 1 aliphatic carbocycles. The first-order chi connectivity index (χ1) is 9.61. The second-order valence-electron chi connectivity index (χ2n) is 6.59. The maximum atomic E-state index is 4.39. The van der Waals surface area contributed by atoms with E-state index in [1.165, 1.54) is 25.7 Å². The van der Waals surface area contributed by atoms with E-state index in [4.69, 9.17) is 0 Å². The topological polar surface area (TPSA) is 42.7 Å². The molecule has 20 heavy (non-hydrogen) atoms. The van der Waals surface area contributed by atoms with Crippen LogP contribution in [-0.2, 0) is 13.5 Å². The minimum Gasteiger partial charge on any atom is -0.314 e. The van der Waals surface area contributed by atoms with Crippen LogP contribution in [0.2, 0.25) is 0 Å². The summed E-state index contributed by atoms with van der Waals surface area (Å²) < 4.78 is 1.91. The fraction of sp³-hybridized carbons (Fsp3) is 0.875. The fourth-order valence-electron chi connectivity index (χ4n) is 3.58. The zero-order chi connectivity index (χ0) is 14.5. The first kappa shape index (κ1) is 15.5. The van der Waals surface area contributed by atoms with Crippen LogP contribution >= 0.6 is 0 Å². The van der Waals surface area contributed by atoms with Gasteiger partial charge in [-0.05, 0) is 50.0 Å². The number of aryl methyl sites for hydroxylation is 1. The second kappa shape index (κ2) is 7.21. The lowest BCUT2D eigenvalue weighted by molar-refractivity contribution is 0.187. The third-order valence-corrected chi connectivity index (χ3v) is 5.00. The summed E-state index contributed by atoms with van der Waals surface area (Å²) >= 11 is 0. The molecule has 1 heterocycles. The normalized spacial score (nSPS) is 25.1. The van der Waals surface area contributed by atoms with Crippen LogP contribution in [0.15, 0.2) is 6.33 Å². The highest BCUT2D eigenvalue weighted by molar-refractivity contribution is 4.93. The zero-order valence-electron chi connectivity index (χ0n) is 13.5. The Hall–Kier alpha value is -0.900. The maximum Gasteiger partial charge on any atom is 0.138 e. The van der Waals surface area contributed by atoms with Gasteiger partial charge in [0.15, 0.2) is 0 Å². The molecule has 114 valence electrons. The first-order valence-corrected chi connectivity index (χ1v) is 8.18. The number of rotatable bonds is 6. The number of aromatic nitrogens is 3. The third-order valence-electron chi connectivity index (χ3n) is 5.00. The summed E-state index contributed by atoms with van der Waals surface area (Å²) in [6, 6.07) is 0.552. The maximum absolute atomic E-state index is 4.39. The Balaban J connectivity index is 1.94. The van der Waals surface area contributed by atoms with Crippen LogP contribution in [0.4, 0.5) is 0 Å². The molecular formula is C16H30N4. The van der Waals surface area contributed by atoms with Gasteiger partial charge in [0.2, 0.25) is 0 Å². The molecule has 1 aromatic rings. The summed E-state index contributed by atoms with van der Waals surface area (Å²) in [7, 11) is 1.99. The molecule has 0 aliphatic heterocycles. The van der Waals surface area contributed by atoms with Crippen molar-refractivity contribution >= 4 is 0 Å². The number of hydrogen-bond acceptors (Lipinski definition) is 3. The van der Waals surface area contributed by atoms with Gasteiger partial charge in [-0.3, -0.25) is 4.68 Å². The van der Waals surface area contributed by atoms with E-state index in [9.17, 15) is 0 Å². The van der Waals surface area contributed by atoms with Crippen molar-refractivity contribution in [2.24, 2.45) is 24.8 Å². The lowest BCUT2D eigenvalue weighted by Crippen LogP contribution is -2.40. The molecule has 1 N–H and O–H groups in total. The van der Waals surface area contributed by atoms with Crippen molar-refractivity contribution in [1.82, 2.24) is 20.1 Å². The molecule has 4 heteroatoms. The Morgan fingerprint density at radius 1 is 1.25 bits per heavy atom. The molecule has 0 saturated heterocycles. The SMILES string of the molecule is CCNC(Cc1ncnn1C)C1CCC(C(C)C)CC1. The van der Waals surface area contributed by atoms with Crippen molar-refractivity contribution in [2.45, 2.75) is 58.9 Å². The average molecular weight is 278 g/mol. The van der Waals surface area contributed by atoms with Crippen LogP contribution in [0, 0.1) is 17.8 Å². The molecule has 1 atom stereocenters. The Kier molecular flexibility index (Phi) is 5.58. The van der Waals surface area contributed by atoms with Gasteiger partial charge in [-0.2, -0.15) is 5.10 Å². The molecule has 0 spiro atoms. The largest absolute Gasteiger partial charge is 0.314 e. The first-order valence-electron chi connectivity index (χ1n) is 8.18. The summed E-state index contributed by atoms with van der Waals surface area (Å²) in [5, 5.41) is 7.87. The summed E-state index contributed by atoms with van der Waals surface area (Å²) in [5.74, 6) is 3.67. The number of nitrogens with one attached hydrogen (secondary N) is 1. The highest BCUT2D eigenvalue weighted by Crippen LogP contribution is 2.35. The number of likely N-dealkylation sites (N-methyl/N-ethyl adjacent to an activating group) is 1. The van der Waals surface area contributed by atoms with Gasteiger partial charge in [-0.1, -0.05) is 20.8 Å². The van der Waals surface area contributed by atoms with E-state index in [2.05, 4.69) is 36.2 Å². The highest BCUT2D eigenvalue weighted by Gasteiger charge is 2.29. The second-order valence-corrected chi connectivity index (χ2v) is 6.59. The van der Waals surface area contributed by atoms with Gasteiger partial charge >= 0.3 is 0 Å². The number of hydrogen-bond donors (Lipinski definition) is 1. The Bertz CT molecular complexity index is 391. The highest BCUT2D eigenvalue weighted by atomic mass is 15.3. The van der Waals surface area contributed by atoms with Crippen LogP contribution in [-0.4, -0.2) is 27.4 Å². The summed E-state index contributed by atoms with van der Waals surface area (Å²) in [5.41, 5.74) is 0. The lowest BCUT2D eigenvalue weighted by Gasteiger charge is -2.35. The van der Waals surface area contributed by atoms with Gasteiger partial charge in [-0.25, -0.2) is 4.98 Å². The standard InChI is InChI=1S/C16H30N4/c1-5-17-15(10-16-18-11-19-20(16)4)14-8-6-13(7-9-14)12(2)3/h11-15,17H,5-10H2,1-4H3. The predicted octanol–water partition coefficient (Wildman–Crippen LogP) is 2.80. The molecule has 0 bridgehead atoms. The van der Waals surface area contributed by atoms with E-state index in [0.29, 0.717) is 6.04 Å². The molecule has 1 aliphatic rings. The van der Waals surface area contributed by atoms with Gasteiger partial charge in [0, 0.05) is 19.5 Å². The van der Waals surface area contributed by atoms with Crippen molar-refractivity contribution in [3.8, 4) is 0 Å². The van der Waals surface area contributed by atoms with E-state index < -0.39 is 0 Å². The van der Waals surface area contributed by atoms with Gasteiger partial charge in [0.1, 0.15) is 12.2 Å². The molecule has 1 unspecified atom stereocenters. The zero-order valence-corrected chi connectivity index (χ0v) is 13.5. The molecular weight excluding hydrogens is 248 g/mol. The van der Waals surface area contributed by atoms with E-state index in [1.54, 1.807) is 6.33 Å². The minimum atomic E-state index is 0.552. The molecule has 1 fully saturated rings. The summed E-state index contributed by atoms with van der Waals surface area (Å²) in [6.07, 6.45) is 8.16. The average Bonchev–Trinajstić information content (AvgIpc) is 2.84. The van der Waals surface area contributed by atoms with Crippen molar-refractivity contribution in [3.05, 3.63) is 12.2 Å². The molecule has 0 amide bonds. The quantitative estimate of drug-likeness (QED) is 0.870. The summed E-state index contributed by atoms with van der Waals surface area (Å²) in [4.78, 5) is 4.39. The Labute approximate surface area is 123 Å². The van der Waals surface area contributed by atoms with Crippen LogP contribution in [0.25, 0.3) is 0 Å². The van der Waals surface area contributed by atoms with Gasteiger partial charge in [0.25, 0.3) is 0 Å². The van der Waals surface area contributed by atoms with Crippen LogP contribution < -0.4 is 5.32 Å². The molecule has 1 aromatic heterocycles. The minimum absolute atomic E-state index is 0.552. The fourth-order valence-corrected chi connectivity index (χ4v) is 3.58. The van der Waals surface area contributed by atoms with E-state index in [1.807, 2.05) is 11.7 Å².